The number of fused-ring (bicyclic) bond motifs is 1. The first-order valence-electron chi connectivity index (χ1n) is 6.66. The molecule has 3 aromatic rings. The Bertz CT molecular complexity index is 746. The van der Waals surface area contributed by atoms with E-state index in [0.29, 0.717) is 17.6 Å². The SMILES string of the molecule is COc1ccc(CC(O)c2cc3cccc(F)c3o2)cc1. The zero-order valence-electron chi connectivity index (χ0n) is 11.5. The molecule has 21 heavy (non-hydrogen) atoms. The molecule has 1 atom stereocenters. The summed E-state index contributed by atoms with van der Waals surface area (Å²) in [5, 5.41) is 10.9. The largest absolute Gasteiger partial charge is 0.497 e. The van der Waals surface area contributed by atoms with E-state index in [1.807, 2.05) is 24.3 Å². The molecule has 0 radical (unpaired) electrons. The third-order valence-electron chi connectivity index (χ3n) is 3.43. The van der Waals surface area contributed by atoms with Crippen molar-refractivity contribution in [1.82, 2.24) is 0 Å². The van der Waals surface area contributed by atoms with Gasteiger partial charge < -0.3 is 14.3 Å². The maximum atomic E-state index is 13.6. The zero-order valence-corrected chi connectivity index (χ0v) is 11.5. The van der Waals surface area contributed by atoms with Crippen LogP contribution >= 0.6 is 0 Å². The fourth-order valence-corrected chi connectivity index (χ4v) is 2.30. The Labute approximate surface area is 121 Å². The summed E-state index contributed by atoms with van der Waals surface area (Å²) in [5.41, 5.74) is 1.13. The Hall–Kier alpha value is -2.33. The normalized spacial score (nSPS) is 12.5. The van der Waals surface area contributed by atoms with Gasteiger partial charge in [-0.15, -0.1) is 0 Å². The first kappa shape index (κ1) is 13.6. The van der Waals surface area contributed by atoms with Crippen LogP contribution in [-0.4, -0.2) is 12.2 Å². The summed E-state index contributed by atoms with van der Waals surface area (Å²) in [6, 6.07) is 13.8. The Kier molecular flexibility index (Phi) is 3.62. The minimum atomic E-state index is -0.815. The minimum Gasteiger partial charge on any atom is -0.497 e. The van der Waals surface area contributed by atoms with E-state index < -0.39 is 11.9 Å². The van der Waals surface area contributed by atoms with Crippen molar-refractivity contribution in [2.24, 2.45) is 0 Å². The number of benzene rings is 2. The lowest BCUT2D eigenvalue weighted by molar-refractivity contribution is 0.152. The van der Waals surface area contributed by atoms with Gasteiger partial charge in [0.2, 0.25) is 0 Å². The van der Waals surface area contributed by atoms with Crippen LogP contribution < -0.4 is 4.74 Å². The molecule has 0 spiro atoms. The van der Waals surface area contributed by atoms with Crippen molar-refractivity contribution in [3.8, 4) is 5.75 Å². The second-order valence-electron chi connectivity index (χ2n) is 4.87. The van der Waals surface area contributed by atoms with E-state index in [2.05, 4.69) is 0 Å². The molecule has 1 N–H and O–H groups in total. The molecule has 0 bridgehead atoms. The molecule has 3 nitrogen and oxygen atoms in total. The first-order chi connectivity index (χ1) is 10.2. The number of methoxy groups -OCH3 is 1. The maximum absolute atomic E-state index is 13.6. The van der Waals surface area contributed by atoms with Crippen molar-refractivity contribution >= 4 is 11.0 Å². The molecule has 3 rings (SSSR count). The fourth-order valence-electron chi connectivity index (χ4n) is 2.30. The number of hydrogen-bond acceptors (Lipinski definition) is 3. The summed E-state index contributed by atoms with van der Waals surface area (Å²) in [6.45, 7) is 0. The van der Waals surface area contributed by atoms with E-state index in [9.17, 15) is 9.50 Å². The van der Waals surface area contributed by atoms with Gasteiger partial charge in [-0.3, -0.25) is 0 Å². The standard InChI is InChI=1S/C17H15FO3/c1-20-13-7-5-11(6-8-13)9-15(19)16-10-12-3-2-4-14(18)17(12)21-16/h2-8,10,15,19H,9H2,1H3. The second kappa shape index (κ2) is 5.58. The van der Waals surface area contributed by atoms with E-state index in [1.165, 1.54) is 6.07 Å². The predicted molar refractivity (Wildman–Crippen MR) is 77.8 cm³/mol. The van der Waals surface area contributed by atoms with E-state index in [-0.39, 0.29) is 5.58 Å². The highest BCUT2D eigenvalue weighted by molar-refractivity contribution is 5.78. The van der Waals surface area contributed by atoms with Crippen LogP contribution in [0.15, 0.2) is 52.9 Å². The van der Waals surface area contributed by atoms with Gasteiger partial charge in [0.25, 0.3) is 0 Å². The summed E-state index contributed by atoms with van der Waals surface area (Å²) in [4.78, 5) is 0. The van der Waals surface area contributed by atoms with Crippen LogP contribution in [0.3, 0.4) is 0 Å². The average Bonchev–Trinajstić information content (AvgIpc) is 2.94. The average molecular weight is 286 g/mol. The van der Waals surface area contributed by atoms with Crippen LogP contribution in [0.4, 0.5) is 4.39 Å². The molecule has 108 valence electrons. The lowest BCUT2D eigenvalue weighted by atomic mass is 10.1. The van der Waals surface area contributed by atoms with Crippen molar-refractivity contribution in [3.63, 3.8) is 0 Å². The van der Waals surface area contributed by atoms with Crippen molar-refractivity contribution < 1.29 is 18.7 Å². The van der Waals surface area contributed by atoms with Gasteiger partial charge in [0.15, 0.2) is 11.4 Å². The highest BCUT2D eigenvalue weighted by Gasteiger charge is 2.15. The Morgan fingerprint density at radius 2 is 1.95 bits per heavy atom. The topological polar surface area (TPSA) is 42.6 Å². The molecule has 1 unspecified atom stereocenters. The second-order valence-corrected chi connectivity index (χ2v) is 4.87. The maximum Gasteiger partial charge on any atom is 0.170 e. The lowest BCUT2D eigenvalue weighted by Crippen LogP contribution is -2.00. The summed E-state index contributed by atoms with van der Waals surface area (Å²) in [7, 11) is 1.60. The van der Waals surface area contributed by atoms with Gasteiger partial charge in [0, 0.05) is 11.8 Å². The third kappa shape index (κ3) is 2.76. The molecule has 4 heteroatoms. The monoisotopic (exact) mass is 286 g/mol. The molecule has 0 amide bonds. The van der Waals surface area contributed by atoms with E-state index in [1.54, 1.807) is 25.3 Å². The highest BCUT2D eigenvalue weighted by Crippen LogP contribution is 2.28. The molecule has 2 aromatic carbocycles. The zero-order chi connectivity index (χ0) is 14.8. The van der Waals surface area contributed by atoms with Crippen LogP contribution in [-0.2, 0) is 6.42 Å². The summed E-state index contributed by atoms with van der Waals surface area (Å²) >= 11 is 0. The summed E-state index contributed by atoms with van der Waals surface area (Å²) < 4.78 is 24.1. The van der Waals surface area contributed by atoms with Gasteiger partial charge in [-0.05, 0) is 29.8 Å². The fraction of sp³-hybridized carbons (Fsp3) is 0.176. The number of hydrogen-bond donors (Lipinski definition) is 1. The van der Waals surface area contributed by atoms with Crippen molar-refractivity contribution in [2.75, 3.05) is 7.11 Å². The summed E-state index contributed by atoms with van der Waals surface area (Å²) in [6.07, 6.45) is -0.420. The first-order valence-corrected chi connectivity index (χ1v) is 6.66. The lowest BCUT2D eigenvalue weighted by Gasteiger charge is -2.08. The quantitative estimate of drug-likeness (QED) is 0.792. The number of para-hydroxylation sites is 1. The van der Waals surface area contributed by atoms with E-state index >= 15 is 0 Å². The Morgan fingerprint density at radius 1 is 1.19 bits per heavy atom. The van der Waals surface area contributed by atoms with E-state index in [4.69, 9.17) is 9.15 Å². The minimum absolute atomic E-state index is 0.182. The molecule has 0 fully saturated rings. The number of aliphatic hydroxyl groups excluding tert-OH is 1. The van der Waals surface area contributed by atoms with Crippen molar-refractivity contribution in [1.29, 1.82) is 0 Å². The van der Waals surface area contributed by atoms with Crippen LogP contribution in [0.1, 0.15) is 17.4 Å². The smallest absolute Gasteiger partial charge is 0.170 e. The van der Waals surface area contributed by atoms with Crippen LogP contribution in [0, 0.1) is 5.82 Å². The number of halogens is 1. The van der Waals surface area contributed by atoms with Gasteiger partial charge in [-0.1, -0.05) is 24.3 Å². The number of rotatable bonds is 4. The van der Waals surface area contributed by atoms with Gasteiger partial charge >= 0.3 is 0 Å². The van der Waals surface area contributed by atoms with E-state index in [0.717, 1.165) is 11.3 Å². The predicted octanol–water partition coefficient (Wildman–Crippen LogP) is 3.86. The molecule has 0 aliphatic carbocycles. The molecule has 0 aliphatic rings. The van der Waals surface area contributed by atoms with Gasteiger partial charge in [0.1, 0.15) is 17.6 Å². The molecular formula is C17H15FO3. The Morgan fingerprint density at radius 3 is 2.62 bits per heavy atom. The van der Waals surface area contributed by atoms with Gasteiger partial charge in [-0.25, -0.2) is 4.39 Å². The molecule has 0 saturated carbocycles. The molecule has 0 aliphatic heterocycles. The van der Waals surface area contributed by atoms with Gasteiger partial charge in [-0.2, -0.15) is 0 Å². The Balaban J connectivity index is 1.82. The van der Waals surface area contributed by atoms with Crippen molar-refractivity contribution in [2.45, 2.75) is 12.5 Å². The number of aliphatic hydroxyl groups is 1. The highest BCUT2D eigenvalue weighted by atomic mass is 19.1. The van der Waals surface area contributed by atoms with Crippen molar-refractivity contribution in [3.05, 3.63) is 65.7 Å². The van der Waals surface area contributed by atoms with Crippen LogP contribution in [0.5, 0.6) is 5.75 Å². The van der Waals surface area contributed by atoms with Crippen LogP contribution in [0.25, 0.3) is 11.0 Å². The summed E-state index contributed by atoms with van der Waals surface area (Å²) in [5.74, 6) is 0.709. The molecule has 1 heterocycles. The van der Waals surface area contributed by atoms with Crippen LogP contribution in [0.2, 0.25) is 0 Å². The number of ether oxygens (including phenoxy) is 1. The molecule has 0 saturated heterocycles. The van der Waals surface area contributed by atoms with Gasteiger partial charge in [0.05, 0.1) is 7.11 Å². The number of furan rings is 1. The third-order valence-corrected chi connectivity index (χ3v) is 3.43. The molecule has 1 aromatic heterocycles. The molecular weight excluding hydrogens is 271 g/mol.